The Morgan fingerprint density at radius 1 is 1.38 bits per heavy atom. The van der Waals surface area contributed by atoms with Gasteiger partial charge in [-0.25, -0.2) is 0 Å². The van der Waals surface area contributed by atoms with Gasteiger partial charge in [0.15, 0.2) is 0 Å². The van der Waals surface area contributed by atoms with Gasteiger partial charge in [-0.2, -0.15) is 5.10 Å². The van der Waals surface area contributed by atoms with Crippen molar-refractivity contribution >= 4 is 0 Å². The smallest absolute Gasteiger partial charge is 0.0588 e. The maximum absolute atomic E-state index is 9.87. The fourth-order valence-corrected chi connectivity index (χ4v) is 1.70. The van der Waals surface area contributed by atoms with Crippen molar-refractivity contribution in [2.45, 2.75) is 52.6 Å². The predicted molar refractivity (Wildman–Crippen MR) is 66.2 cm³/mol. The summed E-state index contributed by atoms with van der Waals surface area (Å²) < 4.78 is 1.83. The largest absolute Gasteiger partial charge is 0.393 e. The van der Waals surface area contributed by atoms with E-state index in [0.29, 0.717) is 0 Å². The minimum Gasteiger partial charge on any atom is -0.393 e. The topological polar surface area (TPSA) is 38.0 Å². The van der Waals surface area contributed by atoms with E-state index in [0.717, 1.165) is 25.7 Å². The lowest BCUT2D eigenvalue weighted by Crippen LogP contribution is -2.25. The Balaban J connectivity index is 2.17. The number of hydrogen-bond donors (Lipinski definition) is 1. The molecule has 0 saturated carbocycles. The van der Waals surface area contributed by atoms with E-state index in [-0.39, 0.29) is 11.5 Å². The average Bonchev–Trinajstić information content (AvgIpc) is 2.57. The first-order valence-corrected chi connectivity index (χ1v) is 6.05. The van der Waals surface area contributed by atoms with E-state index in [1.165, 1.54) is 5.56 Å². The van der Waals surface area contributed by atoms with Crippen molar-refractivity contribution in [1.29, 1.82) is 0 Å². The van der Waals surface area contributed by atoms with Crippen LogP contribution in [-0.2, 0) is 13.5 Å². The minimum absolute atomic E-state index is 0.00824. The first-order valence-electron chi connectivity index (χ1n) is 6.05. The van der Waals surface area contributed by atoms with Gasteiger partial charge in [-0.15, -0.1) is 0 Å². The molecule has 0 aromatic carbocycles. The molecule has 1 unspecified atom stereocenters. The molecular weight excluding hydrogens is 200 g/mol. The molecule has 1 aromatic heterocycles. The van der Waals surface area contributed by atoms with Gasteiger partial charge in [0, 0.05) is 13.2 Å². The number of hydrogen-bond acceptors (Lipinski definition) is 2. The molecule has 16 heavy (non-hydrogen) atoms. The number of unbranched alkanes of at least 4 members (excludes halogenated alkanes) is 1. The van der Waals surface area contributed by atoms with Crippen LogP contribution in [0.3, 0.4) is 0 Å². The van der Waals surface area contributed by atoms with E-state index in [1.807, 2.05) is 17.9 Å². The summed E-state index contributed by atoms with van der Waals surface area (Å²) in [6.45, 7) is 6.25. The van der Waals surface area contributed by atoms with Crippen LogP contribution in [-0.4, -0.2) is 21.0 Å². The Morgan fingerprint density at radius 2 is 2.06 bits per heavy atom. The molecule has 0 aliphatic carbocycles. The zero-order chi connectivity index (χ0) is 12.2. The molecule has 0 aliphatic heterocycles. The molecule has 92 valence electrons. The number of aliphatic hydroxyl groups is 1. The molecule has 1 atom stereocenters. The number of nitrogens with zero attached hydrogens (tertiary/aromatic N) is 2. The molecule has 1 N–H and O–H groups in total. The Kier molecular flexibility index (Phi) is 4.54. The second-order valence-corrected chi connectivity index (χ2v) is 5.65. The van der Waals surface area contributed by atoms with E-state index < -0.39 is 0 Å². The highest BCUT2D eigenvalue weighted by molar-refractivity contribution is 5.03. The summed E-state index contributed by atoms with van der Waals surface area (Å²) in [7, 11) is 1.94. The van der Waals surface area contributed by atoms with Crippen LogP contribution in [0.4, 0.5) is 0 Å². The normalized spacial score (nSPS) is 14.1. The molecule has 1 aromatic rings. The van der Waals surface area contributed by atoms with Crippen molar-refractivity contribution in [1.82, 2.24) is 9.78 Å². The fraction of sp³-hybridized carbons (Fsp3) is 0.769. The summed E-state index contributed by atoms with van der Waals surface area (Å²) in [5.74, 6) is 0. The van der Waals surface area contributed by atoms with E-state index in [1.54, 1.807) is 0 Å². The molecule has 1 heterocycles. The third-order valence-corrected chi connectivity index (χ3v) is 2.95. The summed E-state index contributed by atoms with van der Waals surface area (Å²) in [5, 5.41) is 14.0. The van der Waals surface area contributed by atoms with Gasteiger partial charge < -0.3 is 5.11 Å². The quantitative estimate of drug-likeness (QED) is 0.780. The predicted octanol–water partition coefficient (Wildman–Crippen LogP) is 2.54. The Labute approximate surface area is 98.5 Å². The van der Waals surface area contributed by atoms with Crippen LogP contribution in [0.5, 0.6) is 0 Å². The molecule has 0 saturated heterocycles. The highest BCUT2D eigenvalue weighted by Crippen LogP contribution is 2.23. The molecule has 0 amide bonds. The molecule has 3 nitrogen and oxygen atoms in total. The third kappa shape index (κ3) is 4.35. The first kappa shape index (κ1) is 13.2. The van der Waals surface area contributed by atoms with Gasteiger partial charge in [0.2, 0.25) is 0 Å². The molecule has 0 bridgehead atoms. The van der Waals surface area contributed by atoms with Gasteiger partial charge in [-0.1, -0.05) is 27.2 Å². The van der Waals surface area contributed by atoms with E-state index >= 15 is 0 Å². The first-order chi connectivity index (χ1) is 7.39. The molecule has 1 rings (SSSR count). The van der Waals surface area contributed by atoms with E-state index in [4.69, 9.17) is 0 Å². The monoisotopic (exact) mass is 224 g/mol. The molecular formula is C13H24N2O. The lowest BCUT2D eigenvalue weighted by molar-refractivity contribution is 0.0535. The minimum atomic E-state index is -0.193. The van der Waals surface area contributed by atoms with Gasteiger partial charge in [0.05, 0.1) is 12.3 Å². The summed E-state index contributed by atoms with van der Waals surface area (Å²) in [6.07, 6.45) is 7.93. The van der Waals surface area contributed by atoms with Crippen LogP contribution in [0.15, 0.2) is 12.4 Å². The van der Waals surface area contributed by atoms with Crippen LogP contribution < -0.4 is 0 Å². The lowest BCUT2D eigenvalue weighted by atomic mass is 9.86. The van der Waals surface area contributed by atoms with Crippen molar-refractivity contribution in [3.05, 3.63) is 18.0 Å². The highest BCUT2D eigenvalue weighted by Gasteiger charge is 2.20. The summed E-state index contributed by atoms with van der Waals surface area (Å²) >= 11 is 0. The highest BCUT2D eigenvalue weighted by atomic mass is 16.3. The molecule has 0 radical (unpaired) electrons. The van der Waals surface area contributed by atoms with Crippen molar-refractivity contribution in [2.24, 2.45) is 12.5 Å². The van der Waals surface area contributed by atoms with Crippen molar-refractivity contribution in [3.8, 4) is 0 Å². The second kappa shape index (κ2) is 5.48. The SMILES string of the molecule is Cn1cc(CCCCC(O)C(C)(C)C)cn1. The Bertz CT molecular complexity index is 312. The van der Waals surface area contributed by atoms with Crippen LogP contribution in [0.25, 0.3) is 0 Å². The number of aliphatic hydroxyl groups excluding tert-OH is 1. The number of aryl methyl sites for hydroxylation is 2. The number of rotatable bonds is 5. The zero-order valence-electron chi connectivity index (χ0n) is 10.9. The average molecular weight is 224 g/mol. The zero-order valence-corrected chi connectivity index (χ0v) is 10.9. The van der Waals surface area contributed by atoms with E-state index in [2.05, 4.69) is 32.1 Å². The third-order valence-electron chi connectivity index (χ3n) is 2.95. The van der Waals surface area contributed by atoms with Gasteiger partial charge in [-0.3, -0.25) is 4.68 Å². The summed E-state index contributed by atoms with van der Waals surface area (Å²) in [4.78, 5) is 0. The van der Waals surface area contributed by atoms with Crippen LogP contribution in [0.2, 0.25) is 0 Å². The van der Waals surface area contributed by atoms with Crippen molar-refractivity contribution in [2.75, 3.05) is 0 Å². The second-order valence-electron chi connectivity index (χ2n) is 5.65. The maximum Gasteiger partial charge on any atom is 0.0588 e. The lowest BCUT2D eigenvalue weighted by Gasteiger charge is -2.25. The standard InChI is InChI=1S/C13H24N2O/c1-13(2,3)12(16)8-6-5-7-11-9-14-15(4)10-11/h9-10,12,16H,5-8H2,1-4H3. The Morgan fingerprint density at radius 3 is 2.56 bits per heavy atom. The van der Waals surface area contributed by atoms with Crippen molar-refractivity contribution < 1.29 is 5.11 Å². The van der Waals surface area contributed by atoms with Crippen LogP contribution in [0, 0.1) is 5.41 Å². The van der Waals surface area contributed by atoms with Crippen molar-refractivity contribution in [3.63, 3.8) is 0 Å². The fourth-order valence-electron chi connectivity index (χ4n) is 1.70. The molecule has 3 heteroatoms. The molecule has 0 fully saturated rings. The Hall–Kier alpha value is -0.830. The van der Waals surface area contributed by atoms with Gasteiger partial charge in [0.1, 0.15) is 0 Å². The summed E-state index contributed by atoms with van der Waals surface area (Å²) in [5.41, 5.74) is 1.29. The number of aromatic nitrogens is 2. The van der Waals surface area contributed by atoms with Gasteiger partial charge in [0.25, 0.3) is 0 Å². The summed E-state index contributed by atoms with van der Waals surface area (Å²) in [6, 6.07) is 0. The maximum atomic E-state index is 9.87. The van der Waals surface area contributed by atoms with E-state index in [9.17, 15) is 5.11 Å². The van der Waals surface area contributed by atoms with Gasteiger partial charge >= 0.3 is 0 Å². The molecule has 0 aliphatic rings. The molecule has 0 spiro atoms. The van der Waals surface area contributed by atoms with Crippen LogP contribution in [0.1, 0.15) is 45.6 Å². The van der Waals surface area contributed by atoms with Gasteiger partial charge in [-0.05, 0) is 30.2 Å². The van der Waals surface area contributed by atoms with Crippen LogP contribution >= 0.6 is 0 Å².